The van der Waals surface area contributed by atoms with E-state index in [0.29, 0.717) is 9.13 Å². The van der Waals surface area contributed by atoms with E-state index < -0.39 is 15.9 Å². The molecule has 1 amide bonds. The summed E-state index contributed by atoms with van der Waals surface area (Å²) in [4.78, 5) is 12.0. The molecule has 0 aliphatic rings. The van der Waals surface area contributed by atoms with Gasteiger partial charge in [-0.05, 0) is 46.9 Å². The van der Waals surface area contributed by atoms with Crippen molar-refractivity contribution in [1.29, 1.82) is 0 Å². The number of nitrogens with one attached hydrogen (secondary N) is 1. The number of carbonyl (C=O) groups is 1. The van der Waals surface area contributed by atoms with Crippen molar-refractivity contribution in [1.82, 2.24) is 4.72 Å². The lowest BCUT2D eigenvalue weighted by Crippen LogP contribution is -2.31. The van der Waals surface area contributed by atoms with Gasteiger partial charge in [-0.2, -0.15) is 0 Å². The first kappa shape index (κ1) is 14.0. The topological polar surface area (TPSA) is 63.2 Å². The van der Waals surface area contributed by atoms with Gasteiger partial charge in [0.25, 0.3) is 15.9 Å². The SMILES string of the molecule is O=C(NS(=O)(=O)c1ccccc1)c1ccccc1I. The second kappa shape index (κ2) is 5.70. The Labute approximate surface area is 125 Å². The number of carbonyl (C=O) groups excluding carboxylic acids is 1. The molecule has 0 radical (unpaired) electrons. The van der Waals surface area contributed by atoms with Crippen molar-refractivity contribution in [3.05, 3.63) is 63.7 Å². The molecule has 4 nitrogen and oxygen atoms in total. The Balaban J connectivity index is 2.27. The summed E-state index contributed by atoms with van der Waals surface area (Å²) in [5.41, 5.74) is 0.336. The van der Waals surface area contributed by atoms with Crippen LogP contribution in [0.25, 0.3) is 0 Å². The molecule has 2 rings (SSSR count). The lowest BCUT2D eigenvalue weighted by molar-refractivity contribution is 0.0980. The summed E-state index contributed by atoms with van der Waals surface area (Å²) in [6.45, 7) is 0. The maximum absolute atomic E-state index is 12.0. The van der Waals surface area contributed by atoms with Crippen LogP contribution in [0.15, 0.2) is 59.5 Å². The summed E-state index contributed by atoms with van der Waals surface area (Å²) in [7, 11) is -3.83. The number of benzene rings is 2. The van der Waals surface area contributed by atoms with E-state index in [4.69, 9.17) is 0 Å². The fourth-order valence-electron chi connectivity index (χ4n) is 1.48. The molecule has 0 saturated carbocycles. The molecule has 98 valence electrons. The first-order valence-electron chi connectivity index (χ1n) is 5.37. The molecule has 0 aliphatic carbocycles. The molecule has 0 heterocycles. The van der Waals surface area contributed by atoms with Gasteiger partial charge < -0.3 is 0 Å². The molecule has 2 aromatic rings. The molecule has 1 N–H and O–H groups in total. The van der Waals surface area contributed by atoms with Crippen molar-refractivity contribution in [3.63, 3.8) is 0 Å². The number of amides is 1. The van der Waals surface area contributed by atoms with Gasteiger partial charge in [0.15, 0.2) is 0 Å². The molecule has 0 aromatic heterocycles. The minimum absolute atomic E-state index is 0.0642. The van der Waals surface area contributed by atoms with Crippen LogP contribution in [-0.4, -0.2) is 14.3 Å². The van der Waals surface area contributed by atoms with Gasteiger partial charge in [-0.3, -0.25) is 4.79 Å². The summed E-state index contributed by atoms with van der Waals surface area (Å²) >= 11 is 1.99. The maximum Gasteiger partial charge on any atom is 0.266 e. The van der Waals surface area contributed by atoms with Crippen molar-refractivity contribution in [3.8, 4) is 0 Å². The third kappa shape index (κ3) is 3.32. The van der Waals surface area contributed by atoms with E-state index in [1.807, 2.05) is 22.6 Å². The van der Waals surface area contributed by atoms with Crippen LogP contribution < -0.4 is 4.72 Å². The van der Waals surface area contributed by atoms with E-state index >= 15 is 0 Å². The highest BCUT2D eigenvalue weighted by Gasteiger charge is 2.19. The lowest BCUT2D eigenvalue weighted by Gasteiger charge is -2.07. The molecular weight excluding hydrogens is 377 g/mol. The molecule has 0 bridgehead atoms. The molecular formula is C13H10INO3S. The fourth-order valence-corrected chi connectivity index (χ4v) is 3.10. The van der Waals surface area contributed by atoms with Gasteiger partial charge in [-0.1, -0.05) is 30.3 Å². The van der Waals surface area contributed by atoms with Crippen LogP contribution in [0.2, 0.25) is 0 Å². The van der Waals surface area contributed by atoms with E-state index in [-0.39, 0.29) is 4.90 Å². The van der Waals surface area contributed by atoms with Crippen molar-refractivity contribution < 1.29 is 13.2 Å². The second-order valence-electron chi connectivity index (χ2n) is 3.73. The van der Waals surface area contributed by atoms with Crippen LogP contribution in [0, 0.1) is 3.57 Å². The van der Waals surface area contributed by atoms with Gasteiger partial charge in [-0.25, -0.2) is 13.1 Å². The summed E-state index contributed by atoms with van der Waals surface area (Å²) in [5.74, 6) is -0.631. The summed E-state index contributed by atoms with van der Waals surface area (Å²) in [6.07, 6.45) is 0. The number of halogens is 1. The van der Waals surface area contributed by atoms with E-state index in [9.17, 15) is 13.2 Å². The maximum atomic E-state index is 12.0. The van der Waals surface area contributed by atoms with Crippen molar-refractivity contribution >= 4 is 38.5 Å². The number of rotatable bonds is 3. The van der Waals surface area contributed by atoms with Crippen molar-refractivity contribution in [2.45, 2.75) is 4.90 Å². The van der Waals surface area contributed by atoms with E-state index in [1.54, 1.807) is 42.5 Å². The minimum atomic E-state index is -3.83. The van der Waals surface area contributed by atoms with Crippen LogP contribution in [0.5, 0.6) is 0 Å². The highest BCUT2D eigenvalue weighted by atomic mass is 127. The summed E-state index contributed by atoms with van der Waals surface area (Å²) in [5, 5.41) is 0. The van der Waals surface area contributed by atoms with Gasteiger partial charge >= 0.3 is 0 Å². The number of hydrogen-bond donors (Lipinski definition) is 1. The fraction of sp³-hybridized carbons (Fsp3) is 0. The van der Waals surface area contributed by atoms with Gasteiger partial charge in [-0.15, -0.1) is 0 Å². The predicted octanol–water partition coefficient (Wildman–Crippen LogP) is 2.41. The lowest BCUT2D eigenvalue weighted by atomic mass is 10.2. The molecule has 6 heteroatoms. The smallest absolute Gasteiger partial charge is 0.266 e. The second-order valence-corrected chi connectivity index (χ2v) is 6.57. The Morgan fingerprint density at radius 1 is 0.947 bits per heavy atom. The zero-order chi connectivity index (χ0) is 13.9. The number of hydrogen-bond acceptors (Lipinski definition) is 3. The zero-order valence-electron chi connectivity index (χ0n) is 9.71. The Morgan fingerprint density at radius 2 is 1.53 bits per heavy atom. The first-order valence-corrected chi connectivity index (χ1v) is 7.93. The standard InChI is InChI=1S/C13H10INO3S/c14-12-9-5-4-8-11(12)13(16)15-19(17,18)10-6-2-1-3-7-10/h1-9H,(H,15,16). The Kier molecular flexibility index (Phi) is 4.20. The van der Waals surface area contributed by atoms with Crippen LogP contribution >= 0.6 is 22.6 Å². The van der Waals surface area contributed by atoms with E-state index in [2.05, 4.69) is 4.72 Å². The van der Waals surface area contributed by atoms with Gasteiger partial charge in [0.1, 0.15) is 0 Å². The van der Waals surface area contributed by atoms with Gasteiger partial charge in [0.2, 0.25) is 0 Å². The molecule has 0 unspecified atom stereocenters. The van der Waals surface area contributed by atoms with Gasteiger partial charge in [0.05, 0.1) is 10.5 Å². The molecule has 0 fully saturated rings. The summed E-state index contributed by atoms with van der Waals surface area (Å²) in [6, 6.07) is 14.6. The van der Waals surface area contributed by atoms with Crippen LogP contribution in [0.3, 0.4) is 0 Å². The third-order valence-corrected chi connectivity index (χ3v) is 4.69. The van der Waals surface area contributed by atoms with E-state index in [1.165, 1.54) is 12.1 Å². The highest BCUT2D eigenvalue weighted by molar-refractivity contribution is 14.1. The molecule has 0 aliphatic heterocycles. The van der Waals surface area contributed by atoms with Crippen LogP contribution in [-0.2, 0) is 10.0 Å². The quantitative estimate of drug-likeness (QED) is 0.823. The molecule has 0 spiro atoms. The van der Waals surface area contributed by atoms with Crippen molar-refractivity contribution in [2.24, 2.45) is 0 Å². The van der Waals surface area contributed by atoms with Crippen molar-refractivity contribution in [2.75, 3.05) is 0 Å². The van der Waals surface area contributed by atoms with E-state index in [0.717, 1.165) is 0 Å². The molecule has 2 aromatic carbocycles. The summed E-state index contributed by atoms with van der Waals surface area (Å²) < 4.78 is 26.7. The van der Waals surface area contributed by atoms with Crippen LogP contribution in [0.1, 0.15) is 10.4 Å². The monoisotopic (exact) mass is 387 g/mol. The molecule has 0 atom stereocenters. The van der Waals surface area contributed by atoms with Gasteiger partial charge in [0, 0.05) is 3.57 Å². The Hall–Kier alpha value is -1.41. The Morgan fingerprint density at radius 3 is 2.16 bits per heavy atom. The largest absolute Gasteiger partial charge is 0.268 e. The normalized spacial score (nSPS) is 11.0. The van der Waals surface area contributed by atoms with Crippen LogP contribution in [0.4, 0.5) is 0 Å². The molecule has 19 heavy (non-hydrogen) atoms. The average Bonchev–Trinajstić information content (AvgIpc) is 2.39. The zero-order valence-corrected chi connectivity index (χ0v) is 12.7. The number of sulfonamides is 1. The average molecular weight is 387 g/mol. The third-order valence-electron chi connectivity index (χ3n) is 2.40. The Bertz CT molecular complexity index is 699. The minimum Gasteiger partial charge on any atom is -0.268 e. The molecule has 0 saturated heterocycles. The predicted molar refractivity (Wildman–Crippen MR) is 80.3 cm³/mol. The first-order chi connectivity index (χ1) is 9.00. The highest BCUT2D eigenvalue weighted by Crippen LogP contribution is 2.13.